The molecule has 32 heavy (non-hydrogen) atoms. The van der Waals surface area contributed by atoms with E-state index in [1.807, 2.05) is 18.2 Å². The second kappa shape index (κ2) is 8.21. The minimum absolute atomic E-state index is 0.0681. The summed E-state index contributed by atoms with van der Waals surface area (Å²) in [6.45, 7) is 4.74. The molecule has 5 rings (SSSR count). The van der Waals surface area contributed by atoms with Crippen LogP contribution in [0.1, 0.15) is 34.5 Å². The molecule has 1 aliphatic heterocycles. The maximum absolute atomic E-state index is 12.3. The van der Waals surface area contributed by atoms with Crippen molar-refractivity contribution < 1.29 is 9.59 Å². The van der Waals surface area contributed by atoms with Crippen molar-refractivity contribution in [2.75, 3.05) is 18.4 Å². The molecule has 0 aromatic carbocycles. The first-order chi connectivity index (χ1) is 15.5. The number of nitrogens with zero attached hydrogens (tertiary/aromatic N) is 3. The van der Waals surface area contributed by atoms with Crippen LogP contribution in [0.25, 0.3) is 22.3 Å². The van der Waals surface area contributed by atoms with E-state index in [1.165, 1.54) is 11.3 Å². The largest absolute Gasteiger partial charge is 0.367 e. The second-order valence-corrected chi connectivity index (χ2v) is 8.95. The van der Waals surface area contributed by atoms with Crippen molar-refractivity contribution in [1.82, 2.24) is 25.2 Å². The minimum Gasteiger partial charge on any atom is -0.367 e. The zero-order valence-corrected chi connectivity index (χ0v) is 18.2. The number of carbonyl (C=O) groups is 2. The van der Waals surface area contributed by atoms with Crippen LogP contribution in [0.15, 0.2) is 42.2 Å². The minimum atomic E-state index is -0.143. The van der Waals surface area contributed by atoms with Crippen molar-refractivity contribution in [3.63, 3.8) is 0 Å². The van der Waals surface area contributed by atoms with Crippen LogP contribution < -0.4 is 21.7 Å². The molecule has 9 nitrogen and oxygen atoms in total. The van der Waals surface area contributed by atoms with Crippen LogP contribution in [0.2, 0.25) is 0 Å². The molecule has 1 saturated heterocycles. The van der Waals surface area contributed by atoms with Gasteiger partial charge in [-0.05, 0) is 36.6 Å². The van der Waals surface area contributed by atoms with Crippen LogP contribution >= 0.6 is 11.3 Å². The van der Waals surface area contributed by atoms with Gasteiger partial charge in [-0.3, -0.25) is 9.59 Å². The summed E-state index contributed by atoms with van der Waals surface area (Å²) in [6, 6.07) is 6.09. The highest BCUT2D eigenvalue weighted by atomic mass is 32.1. The number of carbonyl (C=O) groups excluding carboxylic acids is 2. The number of amides is 2. The van der Waals surface area contributed by atoms with Gasteiger partial charge >= 0.3 is 0 Å². The number of nitrogens with two attached hydrogens (primary N) is 1. The number of aromatic nitrogens is 3. The van der Waals surface area contributed by atoms with Gasteiger partial charge in [0.1, 0.15) is 5.82 Å². The fourth-order valence-corrected chi connectivity index (χ4v) is 4.40. The van der Waals surface area contributed by atoms with Crippen molar-refractivity contribution in [1.29, 1.82) is 0 Å². The lowest BCUT2D eigenvalue weighted by Gasteiger charge is -2.09. The summed E-state index contributed by atoms with van der Waals surface area (Å²) in [5.74, 6) is 0.636. The van der Waals surface area contributed by atoms with Gasteiger partial charge in [0.25, 0.3) is 5.91 Å². The molecule has 0 spiro atoms. The number of allylic oxidation sites excluding steroid dienone is 1. The normalized spacial score (nSPS) is 17.2. The van der Waals surface area contributed by atoms with Crippen molar-refractivity contribution in [3.05, 3.63) is 52.7 Å². The van der Waals surface area contributed by atoms with E-state index in [4.69, 9.17) is 10.7 Å². The number of thiophene rings is 1. The molecular weight excluding hydrogens is 426 g/mol. The lowest BCUT2D eigenvalue weighted by Crippen LogP contribution is -2.28. The van der Waals surface area contributed by atoms with Crippen LogP contribution in [0.3, 0.4) is 0 Å². The fraction of sp³-hybridized carbons (Fsp3) is 0.273. The quantitative estimate of drug-likeness (QED) is 0.438. The standard InChI is InChI=1S/C22H23N7O2S/c1-12-13(9-20(30)26-12)8-14-11-25-29-19(27-15-2-3-15)10-16(28-21(14)29)17-4-5-18(32-17)22(31)24-7-6-23/h4-5,8,10-11,15,27H,1-3,6-7,9,23H2,(H,24,31)(H,26,30)/b13-8+. The SMILES string of the molecule is C=C1NC(=O)C/C1=C\c1cnn2c(NC3CC3)cc(-c3ccc(C(=O)NCCN)s3)nc12. The van der Waals surface area contributed by atoms with Gasteiger partial charge in [0.15, 0.2) is 5.65 Å². The zero-order chi connectivity index (χ0) is 22.2. The lowest BCUT2D eigenvalue weighted by atomic mass is 10.1. The topological polar surface area (TPSA) is 126 Å². The van der Waals surface area contributed by atoms with E-state index in [0.29, 0.717) is 35.4 Å². The zero-order valence-electron chi connectivity index (χ0n) is 17.4. The molecule has 2 aliphatic rings. The maximum Gasteiger partial charge on any atom is 0.261 e. The molecule has 1 saturated carbocycles. The summed E-state index contributed by atoms with van der Waals surface area (Å²) in [6.07, 6.45) is 6.17. The van der Waals surface area contributed by atoms with Crippen LogP contribution in [-0.4, -0.2) is 45.5 Å². The fourth-order valence-electron chi connectivity index (χ4n) is 3.52. The summed E-state index contributed by atoms with van der Waals surface area (Å²) >= 11 is 1.38. The number of nitrogens with one attached hydrogen (secondary N) is 3. The molecule has 0 unspecified atom stereocenters. The highest BCUT2D eigenvalue weighted by Crippen LogP contribution is 2.33. The average molecular weight is 450 g/mol. The van der Waals surface area contributed by atoms with Gasteiger partial charge in [0, 0.05) is 36.5 Å². The number of fused-ring (bicyclic) bond motifs is 1. The van der Waals surface area contributed by atoms with Crippen LogP contribution in [0.4, 0.5) is 5.82 Å². The van der Waals surface area contributed by atoms with Gasteiger partial charge in [-0.2, -0.15) is 9.61 Å². The molecule has 0 atom stereocenters. The van der Waals surface area contributed by atoms with Crippen LogP contribution in [0.5, 0.6) is 0 Å². The molecule has 5 N–H and O–H groups in total. The van der Waals surface area contributed by atoms with Gasteiger partial charge < -0.3 is 21.7 Å². The maximum atomic E-state index is 12.3. The van der Waals surface area contributed by atoms with E-state index in [1.54, 1.807) is 16.8 Å². The number of hydrogen-bond donors (Lipinski definition) is 4. The van der Waals surface area contributed by atoms with Gasteiger partial charge in [0.2, 0.25) is 5.91 Å². The third-order valence-electron chi connectivity index (χ3n) is 5.30. The average Bonchev–Trinajstić information content (AvgIpc) is 3.16. The Balaban J connectivity index is 1.55. The van der Waals surface area contributed by atoms with Crippen molar-refractivity contribution in [2.24, 2.45) is 5.73 Å². The first-order valence-electron chi connectivity index (χ1n) is 10.5. The summed E-state index contributed by atoms with van der Waals surface area (Å²) in [4.78, 5) is 30.3. The molecule has 2 amide bonds. The highest BCUT2D eigenvalue weighted by Gasteiger charge is 2.24. The van der Waals surface area contributed by atoms with Gasteiger partial charge in [-0.1, -0.05) is 6.58 Å². The molecular formula is C22H23N7O2S. The summed E-state index contributed by atoms with van der Waals surface area (Å²) in [7, 11) is 0. The van der Waals surface area contributed by atoms with Crippen LogP contribution in [-0.2, 0) is 4.79 Å². The molecule has 164 valence electrons. The molecule has 0 radical (unpaired) electrons. The molecule has 1 aliphatic carbocycles. The Kier molecular flexibility index (Phi) is 5.24. The third kappa shape index (κ3) is 4.02. The Labute approximate surface area is 188 Å². The second-order valence-electron chi connectivity index (χ2n) is 7.86. The predicted molar refractivity (Wildman–Crippen MR) is 124 cm³/mol. The monoisotopic (exact) mass is 449 g/mol. The molecule has 2 fully saturated rings. The van der Waals surface area contributed by atoms with Crippen molar-refractivity contribution >= 4 is 40.7 Å². The van der Waals surface area contributed by atoms with E-state index in [-0.39, 0.29) is 18.2 Å². The highest BCUT2D eigenvalue weighted by molar-refractivity contribution is 7.17. The summed E-state index contributed by atoms with van der Waals surface area (Å²) < 4.78 is 1.78. The van der Waals surface area contributed by atoms with E-state index in [2.05, 4.69) is 27.6 Å². The number of anilines is 1. The molecule has 0 bridgehead atoms. The van der Waals surface area contributed by atoms with Gasteiger partial charge in [-0.15, -0.1) is 11.3 Å². The predicted octanol–water partition coefficient (Wildman–Crippen LogP) is 2.14. The first kappa shape index (κ1) is 20.4. The lowest BCUT2D eigenvalue weighted by molar-refractivity contribution is -0.118. The number of hydrogen-bond acceptors (Lipinski definition) is 7. The van der Waals surface area contributed by atoms with E-state index in [0.717, 1.165) is 40.4 Å². The Hall–Kier alpha value is -3.50. The van der Waals surface area contributed by atoms with E-state index in [9.17, 15) is 9.59 Å². The Bertz CT molecular complexity index is 1270. The number of rotatable bonds is 7. The smallest absolute Gasteiger partial charge is 0.261 e. The Morgan fingerprint density at radius 1 is 1.41 bits per heavy atom. The third-order valence-corrected chi connectivity index (χ3v) is 6.41. The molecule has 4 heterocycles. The van der Waals surface area contributed by atoms with Crippen molar-refractivity contribution in [2.45, 2.75) is 25.3 Å². The van der Waals surface area contributed by atoms with Gasteiger partial charge in [0.05, 0.1) is 28.1 Å². The molecule has 3 aromatic heterocycles. The summed E-state index contributed by atoms with van der Waals surface area (Å²) in [5, 5.41) is 13.6. The Morgan fingerprint density at radius 2 is 2.25 bits per heavy atom. The van der Waals surface area contributed by atoms with E-state index < -0.39 is 0 Å². The van der Waals surface area contributed by atoms with Crippen molar-refractivity contribution in [3.8, 4) is 10.6 Å². The first-order valence-corrected chi connectivity index (χ1v) is 11.3. The Morgan fingerprint density at radius 3 is 2.97 bits per heavy atom. The van der Waals surface area contributed by atoms with Crippen LogP contribution in [0, 0.1) is 0 Å². The van der Waals surface area contributed by atoms with E-state index >= 15 is 0 Å². The molecule has 10 heteroatoms. The summed E-state index contributed by atoms with van der Waals surface area (Å²) in [5.41, 5.74) is 9.13. The molecule has 3 aromatic rings. The van der Waals surface area contributed by atoms with Gasteiger partial charge in [-0.25, -0.2) is 4.98 Å².